The molecule has 1 nitrogen and oxygen atoms in total. The fourth-order valence-electron chi connectivity index (χ4n) is 3.37. The predicted molar refractivity (Wildman–Crippen MR) is 127 cm³/mol. The van der Waals surface area contributed by atoms with E-state index in [1.807, 2.05) is 6.08 Å². The number of allylic oxidation sites excluding steroid dienone is 1. The van der Waals surface area contributed by atoms with Crippen LogP contribution in [0.5, 0.6) is 0 Å². The van der Waals surface area contributed by atoms with E-state index in [1.165, 1.54) is 83.5 Å². The smallest absolute Gasteiger partial charge is 0.192 e. The monoisotopic (exact) mass is 396 g/mol. The van der Waals surface area contributed by atoms with Gasteiger partial charge in [0.15, 0.2) is 8.32 Å². The van der Waals surface area contributed by atoms with Crippen LogP contribution in [-0.2, 0) is 4.43 Å². The minimum absolute atomic E-state index is 0.302. The largest absolute Gasteiger partial charge is 0.414 e. The third-order valence-corrected chi connectivity index (χ3v) is 10.9. The highest BCUT2D eigenvalue weighted by Gasteiger charge is 2.38. The molecule has 162 valence electrons. The number of hydrogen-bond donors (Lipinski definition) is 0. The molecule has 0 N–H and O–H groups in total. The average molecular weight is 397 g/mol. The quantitative estimate of drug-likeness (QED) is 0.127. The molecule has 2 heteroatoms. The number of hydrogen-bond acceptors (Lipinski definition) is 1. The number of rotatable bonds is 18. The first-order valence-corrected chi connectivity index (χ1v) is 14.9. The van der Waals surface area contributed by atoms with Crippen LogP contribution in [0.4, 0.5) is 0 Å². The average Bonchev–Trinajstić information content (AvgIpc) is 2.59. The summed E-state index contributed by atoms with van der Waals surface area (Å²) in [7, 11) is -1.66. The molecule has 0 aliphatic heterocycles. The molecule has 0 heterocycles. The number of unbranched alkanes of at least 4 members (excludes halogenated alkanes) is 11. The zero-order chi connectivity index (χ0) is 20.6. The maximum Gasteiger partial charge on any atom is 0.192 e. The molecule has 0 bridgehead atoms. The first-order chi connectivity index (χ1) is 12.7. The summed E-state index contributed by atoms with van der Waals surface area (Å²) in [6.07, 6.45) is 23.0. The minimum Gasteiger partial charge on any atom is -0.414 e. The third-order valence-electron chi connectivity index (χ3n) is 6.34. The lowest BCUT2D eigenvalue weighted by molar-refractivity contribution is 0.158. The van der Waals surface area contributed by atoms with Crippen molar-refractivity contribution in [2.75, 3.05) is 0 Å². The molecule has 1 atom stereocenters. The zero-order valence-electron chi connectivity index (χ0n) is 19.9. The zero-order valence-corrected chi connectivity index (χ0v) is 20.9. The van der Waals surface area contributed by atoms with Gasteiger partial charge in [0.1, 0.15) is 0 Å². The molecule has 0 saturated carbocycles. The summed E-state index contributed by atoms with van der Waals surface area (Å²) in [5.41, 5.74) is 0. The Morgan fingerprint density at radius 1 is 0.778 bits per heavy atom. The van der Waals surface area contributed by atoms with E-state index in [4.69, 9.17) is 4.43 Å². The molecule has 0 saturated heterocycles. The van der Waals surface area contributed by atoms with E-state index < -0.39 is 8.32 Å². The minimum atomic E-state index is -1.66. The van der Waals surface area contributed by atoms with Gasteiger partial charge in [-0.25, -0.2) is 0 Å². The molecule has 0 aromatic rings. The van der Waals surface area contributed by atoms with Crippen LogP contribution in [-0.4, -0.2) is 14.4 Å². The topological polar surface area (TPSA) is 9.23 Å². The summed E-state index contributed by atoms with van der Waals surface area (Å²) in [5, 5.41) is 0.302. The van der Waals surface area contributed by atoms with E-state index in [-0.39, 0.29) is 0 Å². The van der Waals surface area contributed by atoms with Crippen molar-refractivity contribution in [2.45, 2.75) is 148 Å². The van der Waals surface area contributed by atoms with E-state index in [9.17, 15) is 0 Å². The Kier molecular flexibility index (Phi) is 15.7. The maximum absolute atomic E-state index is 6.70. The van der Waals surface area contributed by atoms with Crippen molar-refractivity contribution in [3.05, 3.63) is 12.7 Å². The van der Waals surface area contributed by atoms with Crippen molar-refractivity contribution in [2.24, 2.45) is 0 Å². The Hall–Kier alpha value is -0.0831. The van der Waals surface area contributed by atoms with E-state index in [0.717, 1.165) is 12.8 Å². The van der Waals surface area contributed by atoms with Crippen molar-refractivity contribution < 1.29 is 4.43 Å². The standard InChI is InChI=1S/C25H52OSi/c1-8-10-12-13-14-15-16-17-18-19-20-21-23-24(22-11-9-2)26-27(6,7)25(3,4)5/h9,24H,2,8,10-23H2,1,3-7H3/t24-/m1/s1. The van der Waals surface area contributed by atoms with Crippen LogP contribution >= 0.6 is 0 Å². The summed E-state index contributed by atoms with van der Waals surface area (Å²) in [6, 6.07) is 0. The third kappa shape index (κ3) is 14.6. The van der Waals surface area contributed by atoms with Gasteiger partial charge in [0.25, 0.3) is 0 Å². The van der Waals surface area contributed by atoms with Crippen LogP contribution in [0.1, 0.15) is 124 Å². The molecule has 27 heavy (non-hydrogen) atoms. The lowest BCUT2D eigenvalue weighted by atomic mass is 10.0. The Labute approximate surface area is 173 Å². The van der Waals surface area contributed by atoms with Gasteiger partial charge in [-0.2, -0.15) is 0 Å². The van der Waals surface area contributed by atoms with Crippen LogP contribution in [0.25, 0.3) is 0 Å². The van der Waals surface area contributed by atoms with Crippen LogP contribution < -0.4 is 0 Å². The maximum atomic E-state index is 6.70. The van der Waals surface area contributed by atoms with E-state index in [1.54, 1.807) is 0 Å². The van der Waals surface area contributed by atoms with Crippen molar-refractivity contribution in [3.63, 3.8) is 0 Å². The fourth-order valence-corrected chi connectivity index (χ4v) is 4.79. The first kappa shape index (κ1) is 26.9. The molecule has 0 aromatic heterocycles. The van der Waals surface area contributed by atoms with Crippen LogP contribution in [0.3, 0.4) is 0 Å². The normalized spacial score (nSPS) is 13.7. The summed E-state index contributed by atoms with van der Waals surface area (Å²) >= 11 is 0. The van der Waals surface area contributed by atoms with Crippen LogP contribution in [0.15, 0.2) is 12.7 Å². The predicted octanol–water partition coefficient (Wildman–Crippen LogP) is 9.43. The lowest BCUT2D eigenvalue weighted by Crippen LogP contribution is -2.43. The van der Waals surface area contributed by atoms with Crippen molar-refractivity contribution in [1.29, 1.82) is 0 Å². The Bertz CT molecular complexity index is 343. The van der Waals surface area contributed by atoms with E-state index in [0.29, 0.717) is 11.1 Å². The summed E-state index contributed by atoms with van der Waals surface area (Å²) < 4.78 is 6.70. The lowest BCUT2D eigenvalue weighted by Gasteiger charge is -2.39. The second-order valence-electron chi connectivity index (χ2n) is 10.0. The SMILES string of the molecule is C=CCC[C@H](CCCCCCCCCCCCCC)O[Si](C)(C)C(C)(C)C. The van der Waals surface area contributed by atoms with Gasteiger partial charge in [-0.05, 0) is 37.4 Å². The van der Waals surface area contributed by atoms with Gasteiger partial charge in [0.2, 0.25) is 0 Å². The van der Waals surface area contributed by atoms with Gasteiger partial charge in [-0.3, -0.25) is 0 Å². The molecule has 0 unspecified atom stereocenters. The molecule has 0 aliphatic rings. The summed E-state index contributed by atoms with van der Waals surface area (Å²) in [5.74, 6) is 0. The van der Waals surface area contributed by atoms with Crippen molar-refractivity contribution in [3.8, 4) is 0 Å². The summed E-state index contributed by atoms with van der Waals surface area (Å²) in [4.78, 5) is 0. The van der Waals surface area contributed by atoms with E-state index >= 15 is 0 Å². The molecular formula is C25H52OSi. The highest BCUT2D eigenvalue weighted by molar-refractivity contribution is 6.74. The molecule has 0 aromatic carbocycles. The molecular weight excluding hydrogens is 344 g/mol. The highest BCUT2D eigenvalue weighted by Crippen LogP contribution is 2.38. The Balaban J connectivity index is 3.84. The first-order valence-electron chi connectivity index (χ1n) is 12.0. The van der Waals surface area contributed by atoms with Crippen molar-refractivity contribution in [1.82, 2.24) is 0 Å². The molecule has 0 rings (SSSR count). The van der Waals surface area contributed by atoms with Gasteiger partial charge in [-0.15, -0.1) is 6.58 Å². The van der Waals surface area contributed by atoms with Gasteiger partial charge < -0.3 is 4.43 Å². The van der Waals surface area contributed by atoms with Gasteiger partial charge in [0, 0.05) is 6.10 Å². The van der Waals surface area contributed by atoms with Gasteiger partial charge in [-0.1, -0.05) is 111 Å². The van der Waals surface area contributed by atoms with E-state index in [2.05, 4.69) is 47.4 Å². The Morgan fingerprint density at radius 2 is 1.22 bits per heavy atom. The van der Waals surface area contributed by atoms with Gasteiger partial charge in [0.05, 0.1) is 0 Å². The molecule has 0 spiro atoms. The fraction of sp³-hybridized carbons (Fsp3) is 0.920. The van der Waals surface area contributed by atoms with Gasteiger partial charge >= 0.3 is 0 Å². The van der Waals surface area contributed by atoms with Crippen LogP contribution in [0, 0.1) is 0 Å². The summed E-state index contributed by atoms with van der Waals surface area (Å²) in [6.45, 7) is 18.0. The molecule has 0 aliphatic carbocycles. The molecule has 0 amide bonds. The second kappa shape index (κ2) is 15.8. The van der Waals surface area contributed by atoms with Crippen molar-refractivity contribution >= 4 is 8.32 Å². The molecule has 0 radical (unpaired) electrons. The Morgan fingerprint density at radius 3 is 1.63 bits per heavy atom. The van der Waals surface area contributed by atoms with Crippen LogP contribution in [0.2, 0.25) is 18.1 Å². The second-order valence-corrected chi connectivity index (χ2v) is 14.8. The molecule has 0 fully saturated rings. The highest BCUT2D eigenvalue weighted by atomic mass is 28.4.